The van der Waals surface area contributed by atoms with Crippen LogP contribution in [0.25, 0.3) is 44.5 Å². The highest BCUT2D eigenvalue weighted by Crippen LogP contribution is 2.65. The predicted molar refractivity (Wildman–Crippen MR) is 404 cm³/mol. The third-order valence-corrected chi connectivity index (χ3v) is 22.1. The summed E-state index contributed by atoms with van der Waals surface area (Å²) >= 11 is 0. The largest absolute Gasteiger partial charge is 0.458 e. The number of para-hydroxylation sites is 4. The van der Waals surface area contributed by atoms with Gasteiger partial charge in [-0.2, -0.15) is 0 Å². The van der Waals surface area contributed by atoms with E-state index in [1.165, 1.54) is 94.5 Å². The first-order valence-corrected chi connectivity index (χ1v) is 34.4. The molecule has 8 heteroatoms. The van der Waals surface area contributed by atoms with Crippen molar-refractivity contribution < 1.29 is 18.9 Å². The molecule has 0 unspecified atom stereocenters. The summed E-state index contributed by atoms with van der Waals surface area (Å²) in [6, 6.07) is 120. The standard InChI is InChI=1S/C92H55B2N2O4/c1-4-24-56(25-5-1)95(57-26-6-2-7-27-57)83-50-61(97-59-44-46-69-67-34-14-20-40-75(67)91(77(69)48-59)71-36-16-10-30-63(71)64-31-11-17-37-72(64)91)52-87-89(83)93-79-54-81-86(55-85(79)99-87)100-88-53-62(51-84-90(88)94(81)80-42-22-23-43-82(80)96(84)58-28-8-3-9-29-58)98-60-45-47-70-68-35-15-21-41-76(68)92(78(70)49-60)73-38-18-12-32-65(73)66-33-13-19-39-74(66)92/h1-55H. The van der Waals surface area contributed by atoms with Crippen molar-refractivity contribution in [3.63, 3.8) is 0 Å². The normalized spacial score (nSPS) is 14.2. The molecule has 6 nitrogen and oxygen atoms in total. The fourth-order valence-corrected chi connectivity index (χ4v) is 18.3. The first kappa shape index (κ1) is 55.4. The average Bonchev–Trinajstić information content (AvgIpc) is 1.48. The van der Waals surface area contributed by atoms with E-state index in [1.807, 2.05) is 0 Å². The summed E-state index contributed by atoms with van der Waals surface area (Å²) in [5, 5.41) is 0. The van der Waals surface area contributed by atoms with Crippen molar-refractivity contribution >= 4 is 75.4 Å². The lowest BCUT2D eigenvalue weighted by atomic mass is 9.33. The molecule has 0 atom stereocenters. The number of hydrogen-bond donors (Lipinski definition) is 0. The maximum atomic E-state index is 7.42. The molecule has 100 heavy (non-hydrogen) atoms. The van der Waals surface area contributed by atoms with Gasteiger partial charge >= 0.3 is 0 Å². The van der Waals surface area contributed by atoms with Gasteiger partial charge in [0.25, 0.3) is 6.71 Å². The molecule has 0 fully saturated rings. The summed E-state index contributed by atoms with van der Waals surface area (Å²) in [5.74, 6) is 5.50. The number of rotatable bonds is 8. The van der Waals surface area contributed by atoms with E-state index >= 15 is 0 Å². The molecule has 7 aliphatic rings. The van der Waals surface area contributed by atoms with Crippen LogP contribution in [-0.2, 0) is 10.8 Å². The van der Waals surface area contributed by atoms with Crippen molar-refractivity contribution in [3.8, 4) is 90.5 Å². The van der Waals surface area contributed by atoms with Gasteiger partial charge in [0.1, 0.15) is 46.0 Å². The second-order valence-electron chi connectivity index (χ2n) is 27.0. The van der Waals surface area contributed by atoms with Crippen LogP contribution in [-0.4, -0.2) is 14.0 Å². The number of nitrogens with zero attached hydrogens (tertiary/aromatic N) is 2. The highest BCUT2D eigenvalue weighted by Gasteiger charge is 2.54. The second-order valence-corrected chi connectivity index (χ2v) is 27.0. The average molecular weight is 1270 g/mol. The Hall–Kier alpha value is -12.8. The first-order valence-electron chi connectivity index (χ1n) is 34.4. The van der Waals surface area contributed by atoms with Crippen molar-refractivity contribution in [2.45, 2.75) is 10.8 Å². The molecule has 15 aromatic carbocycles. The lowest BCUT2D eigenvalue weighted by molar-refractivity contribution is 0.451. The van der Waals surface area contributed by atoms with E-state index in [9.17, 15) is 0 Å². The molecule has 3 aliphatic heterocycles. The van der Waals surface area contributed by atoms with Crippen LogP contribution >= 0.6 is 0 Å². The number of anilines is 6. The Kier molecular flexibility index (Phi) is 11.6. The summed E-state index contributed by atoms with van der Waals surface area (Å²) in [5.41, 5.74) is 30.1. The lowest BCUT2D eigenvalue weighted by Crippen LogP contribution is -2.60. The van der Waals surface area contributed by atoms with Gasteiger partial charge in [-0.25, -0.2) is 0 Å². The smallest absolute Gasteiger partial charge is 0.256 e. The minimum atomic E-state index is -0.534. The SMILES string of the molecule is [B]1c2cc3c(cc2Oc2cc(Oc4ccc5c(c4)C4(c6ccccc6-c6ccccc64)c4ccccc4-5)cc(N(c4ccccc4)c4ccccc4)c21)Oc1cc(Oc2ccc4c(c2)C2(c5ccccc5-c5ccccc52)c2ccccc2-4)cc2c1B3c1ccccc1N2c1ccccc1. The monoisotopic (exact) mass is 1270 g/mol. The number of fused-ring (bicyclic) bond motifs is 26. The van der Waals surface area contributed by atoms with E-state index in [0.29, 0.717) is 34.5 Å². The molecule has 3 heterocycles. The third kappa shape index (κ3) is 7.59. The molecular formula is C92H55B2N2O4. The van der Waals surface area contributed by atoms with E-state index in [4.69, 9.17) is 18.9 Å². The van der Waals surface area contributed by atoms with Crippen LogP contribution in [0, 0.1) is 0 Å². The summed E-state index contributed by atoms with van der Waals surface area (Å²) in [6.07, 6.45) is 0. The van der Waals surface area contributed by atoms with Crippen molar-refractivity contribution in [1.82, 2.24) is 0 Å². The minimum absolute atomic E-state index is 0.217. The van der Waals surface area contributed by atoms with Gasteiger partial charge in [0.05, 0.1) is 10.8 Å². The van der Waals surface area contributed by atoms with Crippen molar-refractivity contribution in [1.29, 1.82) is 0 Å². The minimum Gasteiger partial charge on any atom is -0.458 e. The van der Waals surface area contributed by atoms with Gasteiger partial charge in [-0.05, 0) is 183 Å². The van der Waals surface area contributed by atoms with E-state index in [-0.39, 0.29) is 6.71 Å². The van der Waals surface area contributed by atoms with Gasteiger partial charge in [-0.3, -0.25) is 0 Å². The summed E-state index contributed by atoms with van der Waals surface area (Å²) in [4.78, 5) is 4.68. The van der Waals surface area contributed by atoms with Crippen LogP contribution in [0.3, 0.4) is 0 Å². The van der Waals surface area contributed by atoms with E-state index in [1.54, 1.807) is 0 Å². The summed E-state index contributed by atoms with van der Waals surface area (Å²) in [7, 11) is 2.29. The zero-order valence-electron chi connectivity index (χ0n) is 53.9. The van der Waals surface area contributed by atoms with Crippen molar-refractivity contribution in [2.24, 2.45) is 0 Å². The molecule has 0 saturated heterocycles. The molecule has 4 aliphatic carbocycles. The van der Waals surface area contributed by atoms with Crippen LogP contribution in [0.2, 0.25) is 0 Å². The quantitative estimate of drug-likeness (QED) is 0.141. The van der Waals surface area contributed by atoms with Crippen molar-refractivity contribution in [3.05, 3.63) is 378 Å². The highest BCUT2D eigenvalue weighted by molar-refractivity contribution is 6.99. The van der Waals surface area contributed by atoms with E-state index < -0.39 is 10.8 Å². The molecule has 15 aromatic rings. The maximum absolute atomic E-state index is 7.42. The first-order chi connectivity index (χ1) is 49.6. The van der Waals surface area contributed by atoms with Crippen molar-refractivity contribution in [2.75, 3.05) is 9.80 Å². The van der Waals surface area contributed by atoms with Crippen LogP contribution in [0.15, 0.2) is 334 Å². The van der Waals surface area contributed by atoms with Gasteiger partial charge in [0.15, 0.2) is 0 Å². The Bertz CT molecular complexity index is 5850. The second kappa shape index (κ2) is 20.9. The summed E-state index contributed by atoms with van der Waals surface area (Å²) in [6.45, 7) is -0.217. The third-order valence-electron chi connectivity index (χ3n) is 22.1. The van der Waals surface area contributed by atoms with Crippen LogP contribution in [0.4, 0.5) is 34.1 Å². The maximum Gasteiger partial charge on any atom is 0.256 e. The molecule has 0 bridgehead atoms. The molecule has 0 N–H and O–H groups in total. The molecule has 463 valence electrons. The van der Waals surface area contributed by atoms with Gasteiger partial charge in [0.2, 0.25) is 7.28 Å². The Labute approximate surface area is 580 Å². The van der Waals surface area contributed by atoms with Crippen LogP contribution in [0.1, 0.15) is 44.5 Å². The van der Waals surface area contributed by atoms with E-state index in [2.05, 4.69) is 351 Å². The molecule has 0 amide bonds. The Morgan fingerprint density at radius 1 is 0.310 bits per heavy atom. The number of benzene rings is 15. The number of hydrogen-bond acceptors (Lipinski definition) is 6. The molecular weight excluding hydrogens is 1220 g/mol. The Morgan fingerprint density at radius 2 is 0.730 bits per heavy atom. The van der Waals surface area contributed by atoms with Gasteiger partial charge in [-0.15, -0.1) is 0 Å². The van der Waals surface area contributed by atoms with Gasteiger partial charge in [0, 0.05) is 64.5 Å². The van der Waals surface area contributed by atoms with Gasteiger partial charge in [-0.1, -0.05) is 237 Å². The zero-order chi connectivity index (χ0) is 65.4. The number of ether oxygens (including phenoxy) is 4. The fourth-order valence-electron chi connectivity index (χ4n) is 18.3. The molecule has 1 radical (unpaired) electrons. The lowest BCUT2D eigenvalue weighted by Gasteiger charge is -2.40. The summed E-state index contributed by atoms with van der Waals surface area (Å²) < 4.78 is 29.5. The Balaban J connectivity index is 0.684. The van der Waals surface area contributed by atoms with Crippen LogP contribution in [0.5, 0.6) is 46.0 Å². The Morgan fingerprint density at radius 3 is 1.24 bits per heavy atom. The molecule has 2 spiro atoms. The molecule has 22 rings (SSSR count). The van der Waals surface area contributed by atoms with Gasteiger partial charge < -0.3 is 28.7 Å². The molecule has 0 saturated carbocycles. The zero-order valence-corrected chi connectivity index (χ0v) is 53.9. The fraction of sp³-hybridized carbons (Fsp3) is 0.0217. The topological polar surface area (TPSA) is 43.4 Å². The van der Waals surface area contributed by atoms with E-state index in [0.717, 1.165) is 67.5 Å². The highest BCUT2D eigenvalue weighted by atomic mass is 16.5. The molecule has 0 aromatic heterocycles. The predicted octanol–water partition coefficient (Wildman–Crippen LogP) is 19.6. The van der Waals surface area contributed by atoms with Crippen LogP contribution < -0.4 is 56.1 Å².